The van der Waals surface area contributed by atoms with Gasteiger partial charge in [-0.2, -0.15) is 4.31 Å². The third-order valence-electron chi connectivity index (χ3n) is 2.86. The minimum absolute atomic E-state index is 0.416. The Labute approximate surface area is 108 Å². The molecule has 5 nitrogen and oxygen atoms in total. The Kier molecular flexibility index (Phi) is 4.34. The third-order valence-corrected chi connectivity index (χ3v) is 4.13. The number of ether oxygens (including phenoxy) is 1. The minimum Gasteiger partial charge on any atom is -0.356 e. The lowest BCUT2D eigenvalue weighted by molar-refractivity contribution is -0.0393. The molecule has 1 aromatic rings. The summed E-state index contributed by atoms with van der Waals surface area (Å²) < 4.78 is 30.4. The normalized spacial score (nSPS) is 21.9. The standard InChI is InChI=1S/C12H18N2O3S/c1-18(15,16)14-8-7-13-9-12(14)17-10-11-5-3-2-4-6-11/h2-6,12-13H,7-10H2,1H3/t12-/m0/s1. The van der Waals surface area contributed by atoms with Crippen LogP contribution in [0.15, 0.2) is 30.3 Å². The molecule has 1 atom stereocenters. The van der Waals surface area contributed by atoms with Crippen molar-refractivity contribution in [2.45, 2.75) is 12.8 Å². The maximum atomic E-state index is 11.6. The number of piperazine rings is 1. The fourth-order valence-corrected chi connectivity index (χ4v) is 2.93. The van der Waals surface area contributed by atoms with Gasteiger partial charge in [0.15, 0.2) is 0 Å². The molecule has 1 fully saturated rings. The van der Waals surface area contributed by atoms with Gasteiger partial charge >= 0.3 is 0 Å². The van der Waals surface area contributed by atoms with E-state index in [0.29, 0.717) is 26.2 Å². The van der Waals surface area contributed by atoms with Gasteiger partial charge in [0.25, 0.3) is 0 Å². The van der Waals surface area contributed by atoms with E-state index >= 15 is 0 Å². The van der Waals surface area contributed by atoms with Gasteiger partial charge in [-0.15, -0.1) is 0 Å². The number of nitrogens with one attached hydrogen (secondary N) is 1. The van der Waals surface area contributed by atoms with Crippen LogP contribution in [0.2, 0.25) is 0 Å². The lowest BCUT2D eigenvalue weighted by Crippen LogP contribution is -2.54. The highest BCUT2D eigenvalue weighted by Crippen LogP contribution is 2.12. The second-order valence-electron chi connectivity index (χ2n) is 4.33. The molecular formula is C12H18N2O3S. The van der Waals surface area contributed by atoms with Crippen molar-refractivity contribution in [1.82, 2.24) is 9.62 Å². The molecule has 1 N–H and O–H groups in total. The summed E-state index contributed by atoms with van der Waals surface area (Å²) in [6.45, 7) is 2.07. The van der Waals surface area contributed by atoms with Crippen LogP contribution in [0.4, 0.5) is 0 Å². The van der Waals surface area contributed by atoms with Crippen LogP contribution < -0.4 is 5.32 Å². The van der Waals surface area contributed by atoms with Crippen LogP contribution in [-0.2, 0) is 21.4 Å². The first kappa shape index (κ1) is 13.5. The summed E-state index contributed by atoms with van der Waals surface area (Å²) in [6, 6.07) is 9.73. The third kappa shape index (κ3) is 3.52. The van der Waals surface area contributed by atoms with Crippen molar-refractivity contribution in [3.63, 3.8) is 0 Å². The van der Waals surface area contributed by atoms with E-state index in [4.69, 9.17) is 4.74 Å². The van der Waals surface area contributed by atoms with Crippen molar-refractivity contribution in [3.05, 3.63) is 35.9 Å². The van der Waals surface area contributed by atoms with Crippen molar-refractivity contribution in [2.24, 2.45) is 0 Å². The molecule has 0 saturated carbocycles. The minimum atomic E-state index is -3.21. The van der Waals surface area contributed by atoms with Crippen LogP contribution in [0.25, 0.3) is 0 Å². The summed E-state index contributed by atoms with van der Waals surface area (Å²) in [5, 5.41) is 3.14. The lowest BCUT2D eigenvalue weighted by atomic mass is 10.2. The number of benzene rings is 1. The van der Waals surface area contributed by atoms with E-state index in [1.165, 1.54) is 10.6 Å². The molecule has 0 radical (unpaired) electrons. The molecule has 0 bridgehead atoms. The van der Waals surface area contributed by atoms with Gasteiger partial charge in [0.1, 0.15) is 6.23 Å². The van der Waals surface area contributed by atoms with Gasteiger partial charge in [0.2, 0.25) is 10.0 Å². The predicted molar refractivity (Wildman–Crippen MR) is 69.4 cm³/mol. The summed E-state index contributed by atoms with van der Waals surface area (Å²) >= 11 is 0. The van der Waals surface area contributed by atoms with Crippen molar-refractivity contribution in [3.8, 4) is 0 Å². The average molecular weight is 270 g/mol. The highest BCUT2D eigenvalue weighted by molar-refractivity contribution is 7.88. The first-order valence-corrected chi connectivity index (χ1v) is 7.75. The zero-order valence-electron chi connectivity index (χ0n) is 10.4. The maximum absolute atomic E-state index is 11.6. The van der Waals surface area contributed by atoms with E-state index in [1.54, 1.807) is 0 Å². The molecule has 1 aliphatic rings. The molecule has 2 rings (SSSR count). The predicted octanol–water partition coefficient (Wildman–Crippen LogP) is 0.394. The van der Waals surface area contributed by atoms with Crippen LogP contribution >= 0.6 is 0 Å². The highest BCUT2D eigenvalue weighted by Gasteiger charge is 2.29. The van der Waals surface area contributed by atoms with Crippen LogP contribution in [0, 0.1) is 0 Å². The van der Waals surface area contributed by atoms with E-state index < -0.39 is 16.3 Å². The van der Waals surface area contributed by atoms with Gasteiger partial charge in [-0.25, -0.2) is 8.42 Å². The second-order valence-corrected chi connectivity index (χ2v) is 6.26. The highest BCUT2D eigenvalue weighted by atomic mass is 32.2. The zero-order valence-corrected chi connectivity index (χ0v) is 11.2. The van der Waals surface area contributed by atoms with Gasteiger partial charge in [0, 0.05) is 19.6 Å². The number of hydrogen-bond donors (Lipinski definition) is 1. The Morgan fingerprint density at radius 3 is 2.78 bits per heavy atom. The molecule has 18 heavy (non-hydrogen) atoms. The topological polar surface area (TPSA) is 58.6 Å². The quantitative estimate of drug-likeness (QED) is 0.860. The van der Waals surface area contributed by atoms with Gasteiger partial charge < -0.3 is 10.1 Å². The molecule has 6 heteroatoms. The van der Waals surface area contributed by atoms with Crippen LogP contribution in [0.3, 0.4) is 0 Å². The summed E-state index contributed by atoms with van der Waals surface area (Å²) in [7, 11) is -3.21. The molecule has 0 aliphatic carbocycles. The van der Waals surface area contributed by atoms with E-state index in [2.05, 4.69) is 5.32 Å². The fourth-order valence-electron chi connectivity index (χ4n) is 1.95. The molecule has 0 aromatic heterocycles. The number of nitrogens with zero attached hydrogens (tertiary/aromatic N) is 1. The maximum Gasteiger partial charge on any atom is 0.213 e. The van der Waals surface area contributed by atoms with E-state index in [9.17, 15) is 8.42 Å². The Bertz CT molecular complexity index is 475. The number of hydrogen-bond acceptors (Lipinski definition) is 4. The van der Waals surface area contributed by atoms with Crippen molar-refractivity contribution >= 4 is 10.0 Å². The summed E-state index contributed by atoms with van der Waals surface area (Å²) in [4.78, 5) is 0. The number of sulfonamides is 1. The van der Waals surface area contributed by atoms with Crippen molar-refractivity contribution in [2.75, 3.05) is 25.9 Å². The van der Waals surface area contributed by atoms with Gasteiger partial charge in [-0.1, -0.05) is 30.3 Å². The number of rotatable bonds is 4. The molecule has 100 valence electrons. The van der Waals surface area contributed by atoms with Crippen LogP contribution in [0.1, 0.15) is 5.56 Å². The van der Waals surface area contributed by atoms with Crippen LogP contribution in [0.5, 0.6) is 0 Å². The second kappa shape index (κ2) is 5.79. The van der Waals surface area contributed by atoms with E-state index in [0.717, 1.165) is 5.56 Å². The average Bonchev–Trinajstić information content (AvgIpc) is 2.37. The monoisotopic (exact) mass is 270 g/mol. The zero-order chi connectivity index (χ0) is 13.0. The smallest absolute Gasteiger partial charge is 0.213 e. The van der Waals surface area contributed by atoms with Gasteiger partial charge in [-0.3, -0.25) is 0 Å². The van der Waals surface area contributed by atoms with E-state index in [1.807, 2.05) is 30.3 Å². The Morgan fingerprint density at radius 1 is 1.39 bits per heavy atom. The Hall–Kier alpha value is -0.950. The summed E-state index contributed by atoms with van der Waals surface area (Å²) in [6.07, 6.45) is 0.797. The van der Waals surface area contributed by atoms with Crippen molar-refractivity contribution < 1.29 is 13.2 Å². The first-order chi connectivity index (χ1) is 8.57. The molecule has 1 saturated heterocycles. The van der Waals surface area contributed by atoms with Crippen LogP contribution in [-0.4, -0.2) is 44.8 Å². The Morgan fingerprint density at radius 2 is 2.11 bits per heavy atom. The molecule has 0 spiro atoms. The van der Waals surface area contributed by atoms with Gasteiger partial charge in [0.05, 0.1) is 12.9 Å². The molecule has 0 amide bonds. The van der Waals surface area contributed by atoms with Gasteiger partial charge in [-0.05, 0) is 5.56 Å². The largest absolute Gasteiger partial charge is 0.356 e. The summed E-state index contributed by atoms with van der Waals surface area (Å²) in [5.41, 5.74) is 1.04. The SMILES string of the molecule is CS(=O)(=O)N1CCNC[C@@H]1OCc1ccccc1. The van der Waals surface area contributed by atoms with Crippen molar-refractivity contribution in [1.29, 1.82) is 0 Å². The van der Waals surface area contributed by atoms with E-state index in [-0.39, 0.29) is 0 Å². The summed E-state index contributed by atoms with van der Waals surface area (Å²) in [5.74, 6) is 0. The lowest BCUT2D eigenvalue weighted by Gasteiger charge is -2.33. The Balaban J connectivity index is 1.98. The molecular weight excluding hydrogens is 252 g/mol. The first-order valence-electron chi connectivity index (χ1n) is 5.90. The molecule has 1 heterocycles. The fraction of sp³-hybridized carbons (Fsp3) is 0.500. The molecule has 0 unspecified atom stereocenters. The molecule has 1 aliphatic heterocycles. The molecule has 1 aromatic carbocycles.